The molecule has 7 heteroatoms. The molecular weight excluding hydrogens is 472 g/mol. The summed E-state index contributed by atoms with van der Waals surface area (Å²) < 4.78 is 5.92. The van der Waals surface area contributed by atoms with Crippen molar-refractivity contribution in [1.82, 2.24) is 0 Å². The Morgan fingerprint density at radius 2 is 0.784 bits per heavy atom. The maximum absolute atomic E-state index is 12.7. The van der Waals surface area contributed by atoms with Gasteiger partial charge in [0.1, 0.15) is 24.4 Å². The Morgan fingerprint density at radius 1 is 0.514 bits per heavy atom. The number of carbonyl (C=O) groups excluding carboxylic acids is 2. The van der Waals surface area contributed by atoms with E-state index in [4.69, 9.17) is 4.74 Å². The van der Waals surface area contributed by atoms with Gasteiger partial charge in [-0.1, -0.05) is 129 Å². The van der Waals surface area contributed by atoms with Gasteiger partial charge in [0.2, 0.25) is 0 Å². The monoisotopic (exact) mass is 530 g/mol. The second kappa shape index (κ2) is 25.4. The summed E-state index contributed by atoms with van der Waals surface area (Å²) in [6, 6.07) is 0. The molecule has 0 bridgehead atoms. The van der Waals surface area contributed by atoms with E-state index in [2.05, 4.69) is 13.8 Å². The molecule has 4 N–H and O–H groups in total. The SMILES string of the molecule is CCCCCCCCCCCC(OC(CCCCCCCCCCC)C(=O)C(O)CO)C(=O)C(O)CO. The highest BCUT2D eigenvalue weighted by Crippen LogP contribution is 2.19. The van der Waals surface area contributed by atoms with Crippen LogP contribution < -0.4 is 0 Å². The number of hydrogen-bond donors (Lipinski definition) is 4. The Bertz CT molecular complexity index is 494. The van der Waals surface area contributed by atoms with Crippen molar-refractivity contribution in [3.05, 3.63) is 0 Å². The van der Waals surface area contributed by atoms with Gasteiger partial charge in [-0.2, -0.15) is 0 Å². The standard InChI is InChI=1S/C30H58O7/c1-3-5-7-9-11-13-15-17-19-21-27(29(35)25(33)23-31)37-28(30(36)26(34)24-32)22-20-18-16-14-12-10-8-6-4-2/h25-28,31-34H,3-24H2,1-2H3. The molecule has 4 unspecified atom stereocenters. The van der Waals surface area contributed by atoms with Crippen molar-refractivity contribution in [2.24, 2.45) is 0 Å². The van der Waals surface area contributed by atoms with E-state index in [9.17, 15) is 30.0 Å². The minimum absolute atomic E-state index is 0.350. The summed E-state index contributed by atoms with van der Waals surface area (Å²) in [5.41, 5.74) is 0. The second-order valence-electron chi connectivity index (χ2n) is 10.5. The van der Waals surface area contributed by atoms with Crippen molar-refractivity contribution in [2.45, 2.75) is 167 Å². The highest BCUT2D eigenvalue weighted by Gasteiger charge is 2.32. The Labute approximate surface area is 226 Å². The first kappa shape index (κ1) is 36.1. The number of unbranched alkanes of at least 4 members (excludes halogenated alkanes) is 16. The molecular formula is C30H58O7. The van der Waals surface area contributed by atoms with Gasteiger partial charge >= 0.3 is 0 Å². The second-order valence-corrected chi connectivity index (χ2v) is 10.5. The molecule has 7 nitrogen and oxygen atoms in total. The van der Waals surface area contributed by atoms with E-state index in [-0.39, 0.29) is 0 Å². The van der Waals surface area contributed by atoms with Crippen LogP contribution in [0.15, 0.2) is 0 Å². The summed E-state index contributed by atoms with van der Waals surface area (Å²) in [6.07, 6.45) is 15.7. The lowest BCUT2D eigenvalue weighted by molar-refractivity contribution is -0.156. The van der Waals surface area contributed by atoms with Gasteiger partial charge in [0.05, 0.1) is 13.2 Å². The van der Waals surface area contributed by atoms with Gasteiger partial charge in [-0.05, 0) is 12.8 Å². The van der Waals surface area contributed by atoms with Gasteiger partial charge in [-0.3, -0.25) is 9.59 Å². The molecule has 0 saturated carbocycles. The molecule has 0 amide bonds. The summed E-state index contributed by atoms with van der Waals surface area (Å²) in [5, 5.41) is 38.4. The lowest BCUT2D eigenvalue weighted by Crippen LogP contribution is -2.43. The third-order valence-corrected chi connectivity index (χ3v) is 7.11. The Balaban J connectivity index is 4.77. The van der Waals surface area contributed by atoms with Crippen molar-refractivity contribution < 1.29 is 34.8 Å². The quantitative estimate of drug-likeness (QED) is 0.0995. The Hall–Kier alpha value is -0.860. The molecule has 0 aliphatic heterocycles. The molecule has 0 aromatic carbocycles. The lowest BCUT2D eigenvalue weighted by Gasteiger charge is -2.26. The molecule has 0 aliphatic rings. The molecule has 4 atom stereocenters. The summed E-state index contributed by atoms with van der Waals surface area (Å²) in [6.45, 7) is 3.00. The van der Waals surface area contributed by atoms with E-state index in [1.165, 1.54) is 64.2 Å². The number of aliphatic hydroxyl groups excluding tert-OH is 4. The Kier molecular flexibility index (Phi) is 24.8. The summed E-state index contributed by atoms with van der Waals surface area (Å²) in [5.74, 6) is -1.27. The maximum atomic E-state index is 12.7. The molecule has 0 rings (SSSR count). The van der Waals surface area contributed by atoms with Crippen LogP contribution in [0.5, 0.6) is 0 Å². The predicted molar refractivity (Wildman–Crippen MR) is 149 cm³/mol. The van der Waals surface area contributed by atoms with Crippen LogP contribution in [0.4, 0.5) is 0 Å². The molecule has 0 aromatic rings. The van der Waals surface area contributed by atoms with Crippen LogP contribution >= 0.6 is 0 Å². The lowest BCUT2D eigenvalue weighted by atomic mass is 9.99. The molecule has 0 spiro atoms. The van der Waals surface area contributed by atoms with Crippen LogP contribution in [0, 0.1) is 0 Å². The van der Waals surface area contributed by atoms with E-state index >= 15 is 0 Å². The predicted octanol–water partition coefficient (Wildman–Crippen LogP) is 5.43. The first-order chi connectivity index (χ1) is 17.9. The highest BCUT2D eigenvalue weighted by molar-refractivity contribution is 5.89. The zero-order chi connectivity index (χ0) is 27.7. The minimum Gasteiger partial charge on any atom is -0.393 e. The van der Waals surface area contributed by atoms with Gasteiger partial charge in [-0.25, -0.2) is 0 Å². The van der Waals surface area contributed by atoms with Crippen molar-refractivity contribution in [3.8, 4) is 0 Å². The largest absolute Gasteiger partial charge is 0.393 e. The number of Topliss-reactive ketones (excluding diaryl/α,β-unsaturated/α-hetero) is 2. The van der Waals surface area contributed by atoms with Gasteiger partial charge < -0.3 is 25.2 Å². The zero-order valence-corrected chi connectivity index (χ0v) is 23.9. The third-order valence-electron chi connectivity index (χ3n) is 7.11. The third kappa shape index (κ3) is 18.9. The summed E-state index contributed by atoms with van der Waals surface area (Å²) in [4.78, 5) is 25.4. The van der Waals surface area contributed by atoms with E-state index in [1.54, 1.807) is 0 Å². The van der Waals surface area contributed by atoms with Crippen LogP contribution in [-0.2, 0) is 14.3 Å². The molecule has 37 heavy (non-hydrogen) atoms. The van der Waals surface area contributed by atoms with Crippen LogP contribution in [0.1, 0.15) is 142 Å². The minimum atomic E-state index is -1.56. The topological polar surface area (TPSA) is 124 Å². The van der Waals surface area contributed by atoms with Crippen LogP contribution in [0.2, 0.25) is 0 Å². The summed E-state index contributed by atoms with van der Waals surface area (Å²) >= 11 is 0. The molecule has 0 aliphatic carbocycles. The maximum Gasteiger partial charge on any atom is 0.192 e. The fraction of sp³-hybridized carbons (Fsp3) is 0.933. The molecule has 220 valence electrons. The van der Waals surface area contributed by atoms with Crippen molar-refractivity contribution in [3.63, 3.8) is 0 Å². The smallest absolute Gasteiger partial charge is 0.192 e. The van der Waals surface area contributed by atoms with E-state index < -0.39 is 49.2 Å². The van der Waals surface area contributed by atoms with E-state index in [0.29, 0.717) is 25.7 Å². The highest BCUT2D eigenvalue weighted by atomic mass is 16.5. The number of carbonyl (C=O) groups is 2. The molecule has 0 aromatic heterocycles. The van der Waals surface area contributed by atoms with Crippen LogP contribution in [0.3, 0.4) is 0 Å². The van der Waals surface area contributed by atoms with E-state index in [0.717, 1.165) is 38.5 Å². The number of aliphatic hydroxyl groups is 4. The average molecular weight is 531 g/mol. The van der Waals surface area contributed by atoms with E-state index in [1.807, 2.05) is 0 Å². The normalized spacial score (nSPS) is 14.9. The molecule has 0 saturated heterocycles. The molecule has 0 radical (unpaired) electrons. The number of hydrogen-bond acceptors (Lipinski definition) is 7. The molecule has 0 fully saturated rings. The first-order valence-electron chi connectivity index (χ1n) is 15.2. The average Bonchev–Trinajstić information content (AvgIpc) is 2.91. The number of rotatable bonds is 28. The fourth-order valence-corrected chi connectivity index (χ4v) is 4.64. The van der Waals surface area contributed by atoms with Gasteiger partial charge in [0.15, 0.2) is 11.6 Å². The zero-order valence-electron chi connectivity index (χ0n) is 23.9. The fourth-order valence-electron chi connectivity index (χ4n) is 4.64. The van der Waals surface area contributed by atoms with Crippen molar-refractivity contribution in [1.29, 1.82) is 0 Å². The first-order valence-corrected chi connectivity index (χ1v) is 15.2. The van der Waals surface area contributed by atoms with Gasteiger partial charge in [0.25, 0.3) is 0 Å². The van der Waals surface area contributed by atoms with Crippen molar-refractivity contribution >= 4 is 11.6 Å². The number of ketones is 2. The summed E-state index contributed by atoms with van der Waals surface area (Å²) in [7, 11) is 0. The van der Waals surface area contributed by atoms with Crippen LogP contribution in [-0.4, -0.2) is 69.6 Å². The Morgan fingerprint density at radius 3 is 1.05 bits per heavy atom. The molecule has 0 heterocycles. The van der Waals surface area contributed by atoms with Crippen LogP contribution in [0.25, 0.3) is 0 Å². The van der Waals surface area contributed by atoms with Crippen molar-refractivity contribution in [2.75, 3.05) is 13.2 Å². The van der Waals surface area contributed by atoms with Gasteiger partial charge in [0, 0.05) is 0 Å². The number of ether oxygens (including phenoxy) is 1. The van der Waals surface area contributed by atoms with Gasteiger partial charge in [-0.15, -0.1) is 0 Å².